The van der Waals surface area contributed by atoms with Gasteiger partial charge in [-0.1, -0.05) is 121 Å². The van der Waals surface area contributed by atoms with Gasteiger partial charge in [0.1, 0.15) is 5.84 Å². The number of benzene rings is 3. The lowest BCUT2D eigenvalue weighted by atomic mass is 9.82. The predicted molar refractivity (Wildman–Crippen MR) is 240 cm³/mol. The van der Waals surface area contributed by atoms with Gasteiger partial charge in [-0.3, -0.25) is 4.99 Å². The Morgan fingerprint density at radius 3 is 2.39 bits per heavy atom. The third kappa shape index (κ3) is 6.34. The van der Waals surface area contributed by atoms with Crippen molar-refractivity contribution in [1.29, 1.82) is 0 Å². The standard InChI is InChI=1S/C51H49N5S/c1-3-9-36(10-4-1)47-42-23-24-46-48(50(42)57-49(47)37-11-5-2-6-12-37)41-13-7-8-14-45(41)56(46)40-21-19-35(20-22-40)44-31-43(54-51(55-44)38-25-28-52-29-26-38)34-17-15-33(16-18-34)39-27-30-53-32-39/h1-17,19,21,23-24,27,30,34,38-39,41,43,45,52-53H,18,20,22,25-26,28-29,31-32H2. The van der Waals surface area contributed by atoms with Crippen LogP contribution in [-0.2, 0) is 0 Å². The summed E-state index contributed by atoms with van der Waals surface area (Å²) in [6.45, 7) is 3.10. The molecule has 5 unspecified atom stereocenters. The monoisotopic (exact) mass is 763 g/mol. The molecule has 0 bridgehead atoms. The molecule has 6 heteroatoms. The van der Waals surface area contributed by atoms with Gasteiger partial charge in [-0.25, -0.2) is 4.99 Å². The summed E-state index contributed by atoms with van der Waals surface area (Å²) in [5, 5.41) is 8.28. The Bertz CT molecular complexity index is 2490. The summed E-state index contributed by atoms with van der Waals surface area (Å²) in [5.74, 6) is 2.74. The summed E-state index contributed by atoms with van der Waals surface area (Å²) in [6.07, 6.45) is 32.1. The van der Waals surface area contributed by atoms with Crippen molar-refractivity contribution < 1.29 is 0 Å². The first-order valence-electron chi connectivity index (χ1n) is 21.2. The minimum atomic E-state index is 0.236. The normalized spacial score (nSPS) is 26.7. The molecule has 4 aromatic rings. The fourth-order valence-corrected chi connectivity index (χ4v) is 11.7. The zero-order valence-corrected chi connectivity index (χ0v) is 33.2. The molecule has 5 nitrogen and oxygen atoms in total. The van der Waals surface area contributed by atoms with E-state index in [2.05, 4.69) is 155 Å². The van der Waals surface area contributed by atoms with Crippen LogP contribution < -0.4 is 15.5 Å². The first-order valence-corrected chi connectivity index (χ1v) is 22.0. The molecule has 0 saturated carbocycles. The lowest BCUT2D eigenvalue weighted by molar-refractivity contribution is 0.444. The highest BCUT2D eigenvalue weighted by molar-refractivity contribution is 7.23. The molecular formula is C51H49N5S. The van der Waals surface area contributed by atoms with Crippen molar-refractivity contribution in [2.45, 2.75) is 56.5 Å². The molecule has 5 atom stereocenters. The number of amidine groups is 1. The van der Waals surface area contributed by atoms with Crippen LogP contribution in [0, 0.1) is 17.8 Å². The van der Waals surface area contributed by atoms with Crippen LogP contribution in [0.5, 0.6) is 0 Å². The molecule has 2 N–H and O–H groups in total. The van der Waals surface area contributed by atoms with Crippen molar-refractivity contribution in [1.82, 2.24) is 10.6 Å². The van der Waals surface area contributed by atoms with E-state index >= 15 is 0 Å². The van der Waals surface area contributed by atoms with E-state index in [4.69, 9.17) is 9.98 Å². The SMILES string of the molecule is C1=CC2c3c(ccc4c(-c5ccccc5)c(-c5ccccc5)sc34)N(C3=CC=C(C4=NC(C5CCNCC5)=NC(C5C=CC(C6C=CNC6)=CC5)C4)CC3)C2C=C1. The lowest BCUT2D eigenvalue weighted by Gasteiger charge is -2.34. The molecule has 0 radical (unpaired) electrons. The van der Waals surface area contributed by atoms with Crippen LogP contribution in [0.4, 0.5) is 5.69 Å². The van der Waals surface area contributed by atoms with E-state index in [1.807, 2.05) is 11.3 Å². The van der Waals surface area contributed by atoms with E-state index in [1.165, 1.54) is 65.5 Å². The zero-order valence-electron chi connectivity index (χ0n) is 32.4. The molecule has 57 heavy (non-hydrogen) atoms. The minimum Gasteiger partial charge on any atom is -0.390 e. The number of nitrogens with zero attached hydrogens (tertiary/aromatic N) is 3. The van der Waals surface area contributed by atoms with Crippen LogP contribution >= 0.6 is 11.3 Å². The summed E-state index contributed by atoms with van der Waals surface area (Å²) in [7, 11) is 0. The van der Waals surface area contributed by atoms with E-state index in [0.717, 1.165) is 64.0 Å². The second kappa shape index (κ2) is 14.9. The molecule has 5 heterocycles. The maximum Gasteiger partial charge on any atom is 0.127 e. The summed E-state index contributed by atoms with van der Waals surface area (Å²) >= 11 is 1.97. The molecule has 1 aromatic heterocycles. The summed E-state index contributed by atoms with van der Waals surface area (Å²) < 4.78 is 1.41. The summed E-state index contributed by atoms with van der Waals surface area (Å²) in [6, 6.07) is 27.3. The van der Waals surface area contributed by atoms with Gasteiger partial charge in [0.25, 0.3) is 0 Å². The molecule has 7 aliphatic rings. The fourth-order valence-electron chi connectivity index (χ4n) is 10.3. The van der Waals surface area contributed by atoms with Crippen molar-refractivity contribution >= 4 is 38.7 Å². The number of fused-ring (bicyclic) bond motifs is 5. The van der Waals surface area contributed by atoms with Gasteiger partial charge in [-0.05, 0) is 85.8 Å². The van der Waals surface area contributed by atoms with Crippen LogP contribution in [0.25, 0.3) is 31.7 Å². The Labute approximate surface area is 340 Å². The predicted octanol–water partition coefficient (Wildman–Crippen LogP) is 11.1. The highest BCUT2D eigenvalue weighted by Gasteiger charge is 2.41. The number of hydrogen-bond acceptors (Lipinski definition) is 6. The van der Waals surface area contributed by atoms with E-state index < -0.39 is 0 Å². The average Bonchev–Trinajstić information content (AvgIpc) is 4.05. The topological polar surface area (TPSA) is 52.0 Å². The Hall–Kier alpha value is -5.30. The van der Waals surface area contributed by atoms with Crippen LogP contribution in [0.2, 0.25) is 0 Å². The van der Waals surface area contributed by atoms with E-state index in [0.29, 0.717) is 23.7 Å². The second-order valence-electron chi connectivity index (χ2n) is 16.6. The number of piperidine rings is 1. The highest BCUT2D eigenvalue weighted by atomic mass is 32.1. The van der Waals surface area contributed by atoms with E-state index in [1.54, 1.807) is 0 Å². The van der Waals surface area contributed by atoms with Gasteiger partial charge in [-0.15, -0.1) is 11.3 Å². The van der Waals surface area contributed by atoms with Gasteiger partial charge in [0.2, 0.25) is 0 Å². The van der Waals surface area contributed by atoms with Crippen molar-refractivity contribution in [3.63, 3.8) is 0 Å². The molecule has 0 spiro atoms. The Morgan fingerprint density at radius 1 is 0.807 bits per heavy atom. The first kappa shape index (κ1) is 34.9. The van der Waals surface area contributed by atoms with Crippen LogP contribution in [-0.4, -0.2) is 43.3 Å². The third-order valence-corrected chi connectivity index (χ3v) is 14.6. The van der Waals surface area contributed by atoms with Crippen LogP contribution in [0.3, 0.4) is 0 Å². The fraction of sp³-hybridized carbons (Fsp3) is 0.294. The molecule has 4 aliphatic heterocycles. The number of hydrogen-bond donors (Lipinski definition) is 2. The molecule has 1 fully saturated rings. The van der Waals surface area contributed by atoms with Gasteiger partial charge < -0.3 is 15.5 Å². The molecule has 0 amide bonds. The third-order valence-electron chi connectivity index (χ3n) is 13.3. The molecule has 3 aromatic carbocycles. The van der Waals surface area contributed by atoms with Crippen LogP contribution in [0.15, 0.2) is 167 Å². The minimum absolute atomic E-state index is 0.236. The number of nitrogens with one attached hydrogen (secondary N) is 2. The van der Waals surface area contributed by atoms with Gasteiger partial charge in [0, 0.05) is 79.8 Å². The maximum atomic E-state index is 5.45. The van der Waals surface area contributed by atoms with Crippen molar-refractivity contribution in [2.24, 2.45) is 27.7 Å². The molecule has 11 rings (SSSR count). The van der Waals surface area contributed by atoms with Crippen molar-refractivity contribution in [3.8, 4) is 21.6 Å². The van der Waals surface area contributed by atoms with Gasteiger partial charge in [0.15, 0.2) is 0 Å². The average molecular weight is 764 g/mol. The van der Waals surface area contributed by atoms with Crippen molar-refractivity contribution in [2.75, 3.05) is 24.5 Å². The Morgan fingerprint density at radius 2 is 1.63 bits per heavy atom. The molecule has 1 saturated heterocycles. The van der Waals surface area contributed by atoms with E-state index in [9.17, 15) is 0 Å². The Kier molecular flexibility index (Phi) is 9.12. The number of thiophene rings is 1. The number of rotatable bonds is 7. The van der Waals surface area contributed by atoms with Gasteiger partial charge in [0.05, 0.1) is 12.1 Å². The van der Waals surface area contributed by atoms with Crippen LogP contribution in [0.1, 0.15) is 50.0 Å². The number of aliphatic imine (C=N–C) groups is 2. The largest absolute Gasteiger partial charge is 0.390 e. The van der Waals surface area contributed by atoms with Crippen molar-refractivity contribution in [3.05, 3.63) is 162 Å². The first-order chi connectivity index (χ1) is 28.3. The molecular weight excluding hydrogens is 715 g/mol. The highest BCUT2D eigenvalue weighted by Crippen LogP contribution is 2.55. The maximum absolute atomic E-state index is 5.45. The van der Waals surface area contributed by atoms with E-state index in [-0.39, 0.29) is 12.1 Å². The summed E-state index contributed by atoms with van der Waals surface area (Å²) in [5.41, 5.74) is 12.2. The lowest BCUT2D eigenvalue weighted by Crippen LogP contribution is -2.36. The second-order valence-corrected chi connectivity index (χ2v) is 17.6. The zero-order chi connectivity index (χ0) is 37.7. The number of anilines is 1. The van der Waals surface area contributed by atoms with Gasteiger partial charge in [-0.2, -0.15) is 0 Å². The Balaban J connectivity index is 0.936. The number of allylic oxidation sites excluding steroid dienone is 8. The summed E-state index contributed by atoms with van der Waals surface area (Å²) in [4.78, 5) is 14.9. The molecule has 284 valence electrons. The smallest absolute Gasteiger partial charge is 0.127 e. The van der Waals surface area contributed by atoms with Gasteiger partial charge >= 0.3 is 0 Å². The molecule has 3 aliphatic carbocycles. The quantitative estimate of drug-likeness (QED) is 0.197.